The highest BCUT2D eigenvalue weighted by Gasteiger charge is 2.19. The van der Waals surface area contributed by atoms with Crippen molar-refractivity contribution in [3.63, 3.8) is 0 Å². The summed E-state index contributed by atoms with van der Waals surface area (Å²) >= 11 is 1.54. The average Bonchev–Trinajstić information content (AvgIpc) is 2.83. The molecule has 1 amide bonds. The lowest BCUT2D eigenvalue weighted by molar-refractivity contribution is -0.118. The van der Waals surface area contributed by atoms with E-state index < -0.39 is 0 Å². The van der Waals surface area contributed by atoms with Crippen molar-refractivity contribution in [3.8, 4) is 0 Å². The molecule has 0 radical (unpaired) electrons. The van der Waals surface area contributed by atoms with Crippen LogP contribution < -0.4 is 4.90 Å². The van der Waals surface area contributed by atoms with Gasteiger partial charge in [0.25, 0.3) is 0 Å². The van der Waals surface area contributed by atoms with Crippen LogP contribution in [0.2, 0.25) is 0 Å². The quantitative estimate of drug-likeness (QED) is 0.756. The summed E-state index contributed by atoms with van der Waals surface area (Å²) in [5.41, 5.74) is 0. The molecule has 0 unspecified atom stereocenters. The van der Waals surface area contributed by atoms with Gasteiger partial charge in [0.2, 0.25) is 6.41 Å². The molecule has 1 aromatic heterocycles. The van der Waals surface area contributed by atoms with Crippen molar-refractivity contribution in [3.05, 3.63) is 24.3 Å². The van der Waals surface area contributed by atoms with Crippen LogP contribution in [0.5, 0.6) is 0 Å². The number of carbonyl (C=O) groups excluding carboxylic acids is 1. The van der Waals surface area contributed by atoms with E-state index in [9.17, 15) is 4.79 Å². The zero-order valence-corrected chi connectivity index (χ0v) is 10.2. The van der Waals surface area contributed by atoms with Crippen molar-refractivity contribution in [2.24, 2.45) is 0 Å². The fraction of sp³-hybridized carbons (Fsp3) is 0.333. The number of benzene rings is 1. The number of hydrogen-bond donors (Lipinski definition) is 0. The fourth-order valence-electron chi connectivity index (χ4n) is 2.14. The van der Waals surface area contributed by atoms with Crippen molar-refractivity contribution >= 4 is 33.8 Å². The van der Waals surface area contributed by atoms with E-state index in [1.165, 1.54) is 21.6 Å². The average molecular weight is 247 g/mol. The van der Waals surface area contributed by atoms with Gasteiger partial charge >= 0.3 is 0 Å². The molecule has 1 saturated heterocycles. The van der Waals surface area contributed by atoms with Crippen molar-refractivity contribution in [1.82, 2.24) is 9.27 Å². The smallest absolute Gasteiger partial charge is 0.209 e. The molecule has 0 atom stereocenters. The Bertz CT molecular complexity index is 531. The molecule has 4 nitrogen and oxygen atoms in total. The van der Waals surface area contributed by atoms with Crippen LogP contribution in [-0.2, 0) is 4.79 Å². The van der Waals surface area contributed by atoms with Gasteiger partial charge in [0.1, 0.15) is 5.82 Å². The number of aromatic nitrogens is 1. The first-order valence-electron chi connectivity index (χ1n) is 5.67. The molecule has 0 spiro atoms. The van der Waals surface area contributed by atoms with Crippen LogP contribution in [0.25, 0.3) is 10.1 Å². The summed E-state index contributed by atoms with van der Waals surface area (Å²) in [4.78, 5) is 14.7. The topological polar surface area (TPSA) is 36.4 Å². The second kappa shape index (κ2) is 4.33. The maximum Gasteiger partial charge on any atom is 0.209 e. The van der Waals surface area contributed by atoms with E-state index in [4.69, 9.17) is 0 Å². The maximum absolute atomic E-state index is 10.7. The maximum atomic E-state index is 10.7. The Morgan fingerprint density at radius 3 is 2.71 bits per heavy atom. The molecule has 0 aliphatic carbocycles. The van der Waals surface area contributed by atoms with Gasteiger partial charge in [-0.05, 0) is 23.7 Å². The molecule has 0 bridgehead atoms. The summed E-state index contributed by atoms with van der Waals surface area (Å²) in [5, 5.41) is 1.22. The minimum atomic E-state index is 0.787. The third-order valence-electron chi connectivity index (χ3n) is 3.12. The molecule has 2 aromatic rings. The molecule has 1 aromatic carbocycles. The summed E-state index contributed by atoms with van der Waals surface area (Å²) in [5.74, 6) is 1.07. The molecule has 17 heavy (non-hydrogen) atoms. The second-order valence-electron chi connectivity index (χ2n) is 4.13. The van der Waals surface area contributed by atoms with Gasteiger partial charge in [-0.2, -0.15) is 4.37 Å². The predicted molar refractivity (Wildman–Crippen MR) is 69.5 cm³/mol. The van der Waals surface area contributed by atoms with E-state index in [1.54, 1.807) is 0 Å². The number of anilines is 1. The van der Waals surface area contributed by atoms with Gasteiger partial charge in [-0.1, -0.05) is 12.1 Å². The molecular weight excluding hydrogens is 234 g/mol. The lowest BCUT2D eigenvalue weighted by atomic mass is 10.2. The Hall–Kier alpha value is -1.62. The van der Waals surface area contributed by atoms with Crippen molar-refractivity contribution in [1.29, 1.82) is 0 Å². The minimum Gasteiger partial charge on any atom is -0.352 e. The third kappa shape index (κ3) is 1.86. The number of fused-ring (bicyclic) bond motifs is 1. The first-order chi connectivity index (χ1) is 8.38. The highest BCUT2D eigenvalue weighted by molar-refractivity contribution is 7.13. The summed E-state index contributed by atoms with van der Waals surface area (Å²) in [6.07, 6.45) is 0.927. The molecule has 0 N–H and O–H groups in total. The van der Waals surface area contributed by atoms with Gasteiger partial charge in [0.05, 0.1) is 4.70 Å². The standard InChI is InChI=1S/C12H13N3OS/c16-9-14-5-7-15(8-6-14)12-10-3-1-2-4-11(10)17-13-12/h1-4,9H,5-8H2. The Morgan fingerprint density at radius 1 is 1.18 bits per heavy atom. The normalized spacial score (nSPS) is 16.5. The van der Waals surface area contributed by atoms with Crippen LogP contribution in [-0.4, -0.2) is 41.9 Å². The zero-order chi connectivity index (χ0) is 11.7. The van der Waals surface area contributed by atoms with Gasteiger partial charge < -0.3 is 9.80 Å². The number of rotatable bonds is 2. The highest BCUT2D eigenvalue weighted by atomic mass is 32.1. The van der Waals surface area contributed by atoms with E-state index in [-0.39, 0.29) is 0 Å². The van der Waals surface area contributed by atoms with Crippen LogP contribution in [0.1, 0.15) is 0 Å². The van der Waals surface area contributed by atoms with Gasteiger partial charge in [-0.15, -0.1) is 0 Å². The predicted octanol–water partition coefficient (Wildman–Crippen LogP) is 1.57. The number of hydrogen-bond acceptors (Lipinski definition) is 4. The highest BCUT2D eigenvalue weighted by Crippen LogP contribution is 2.29. The SMILES string of the molecule is O=CN1CCN(c2nsc3ccccc23)CC1. The number of carbonyl (C=O) groups is 1. The van der Waals surface area contributed by atoms with Crippen molar-refractivity contribution in [2.75, 3.05) is 31.1 Å². The van der Waals surface area contributed by atoms with Crippen LogP contribution in [0.3, 0.4) is 0 Å². The summed E-state index contributed by atoms with van der Waals surface area (Å²) in [6, 6.07) is 8.29. The number of amides is 1. The first kappa shape index (κ1) is 10.5. The van der Waals surface area contributed by atoms with E-state index in [2.05, 4.69) is 21.4 Å². The monoisotopic (exact) mass is 247 g/mol. The second-order valence-corrected chi connectivity index (χ2v) is 4.94. The van der Waals surface area contributed by atoms with Crippen molar-refractivity contribution in [2.45, 2.75) is 0 Å². The molecule has 0 saturated carbocycles. The van der Waals surface area contributed by atoms with E-state index >= 15 is 0 Å². The molecule has 2 heterocycles. The molecule has 1 fully saturated rings. The molecule has 5 heteroatoms. The number of nitrogens with zero attached hydrogens (tertiary/aromatic N) is 3. The van der Waals surface area contributed by atoms with E-state index in [1.807, 2.05) is 17.0 Å². The minimum absolute atomic E-state index is 0.787. The van der Waals surface area contributed by atoms with Gasteiger partial charge in [0, 0.05) is 31.6 Å². The summed E-state index contributed by atoms with van der Waals surface area (Å²) in [6.45, 7) is 3.31. The van der Waals surface area contributed by atoms with Crippen LogP contribution in [0, 0.1) is 0 Å². The summed E-state index contributed by atoms with van der Waals surface area (Å²) in [7, 11) is 0. The fourth-order valence-corrected chi connectivity index (χ4v) is 2.94. The summed E-state index contributed by atoms with van der Waals surface area (Å²) < 4.78 is 5.75. The van der Waals surface area contributed by atoms with Crippen LogP contribution in [0.15, 0.2) is 24.3 Å². The van der Waals surface area contributed by atoms with Gasteiger partial charge in [0.15, 0.2) is 0 Å². The Balaban J connectivity index is 1.87. The Morgan fingerprint density at radius 2 is 1.94 bits per heavy atom. The third-order valence-corrected chi connectivity index (χ3v) is 3.94. The van der Waals surface area contributed by atoms with Gasteiger partial charge in [-0.25, -0.2) is 0 Å². The Labute approximate surface area is 104 Å². The zero-order valence-electron chi connectivity index (χ0n) is 9.37. The molecule has 1 aliphatic rings. The largest absolute Gasteiger partial charge is 0.352 e. The lowest BCUT2D eigenvalue weighted by Crippen LogP contribution is -2.45. The lowest BCUT2D eigenvalue weighted by Gasteiger charge is -2.32. The van der Waals surface area contributed by atoms with Crippen LogP contribution in [0.4, 0.5) is 5.82 Å². The first-order valence-corrected chi connectivity index (χ1v) is 6.44. The number of piperazine rings is 1. The van der Waals surface area contributed by atoms with Gasteiger partial charge in [-0.3, -0.25) is 4.79 Å². The van der Waals surface area contributed by atoms with Crippen LogP contribution >= 0.6 is 11.5 Å². The molecule has 1 aliphatic heterocycles. The van der Waals surface area contributed by atoms with E-state index in [0.29, 0.717) is 0 Å². The van der Waals surface area contributed by atoms with E-state index in [0.717, 1.165) is 38.4 Å². The molecule has 88 valence electrons. The Kier molecular flexibility index (Phi) is 2.68. The van der Waals surface area contributed by atoms with Crippen molar-refractivity contribution < 1.29 is 4.79 Å². The molecular formula is C12H13N3OS. The molecule has 3 rings (SSSR count).